The molecule has 0 saturated heterocycles. The highest BCUT2D eigenvalue weighted by molar-refractivity contribution is 9.10. The molecule has 1 aromatic carbocycles. The van der Waals surface area contributed by atoms with Gasteiger partial charge in [-0.1, -0.05) is 15.9 Å². The minimum atomic E-state index is -3.86. The quantitative estimate of drug-likeness (QED) is 0.720. The van der Waals surface area contributed by atoms with E-state index in [1.165, 1.54) is 6.07 Å². The maximum Gasteiger partial charge on any atom is 0.265 e. The predicted octanol–water partition coefficient (Wildman–Crippen LogP) is 4.02. The van der Waals surface area contributed by atoms with E-state index in [0.717, 1.165) is 31.2 Å². The summed E-state index contributed by atoms with van der Waals surface area (Å²) in [4.78, 5) is 0.00980. The van der Waals surface area contributed by atoms with Gasteiger partial charge in [-0.3, -0.25) is 0 Å². The Labute approximate surface area is 138 Å². The number of methoxy groups -OCH3 is 1. The largest absolute Gasteiger partial charge is 0.489 e. The average molecular weight is 398 g/mol. The van der Waals surface area contributed by atoms with Crippen LogP contribution in [0.2, 0.25) is 0 Å². The zero-order valence-corrected chi connectivity index (χ0v) is 15.1. The molecule has 0 bridgehead atoms. The standard InChI is InChI=1S/C14H18BrClO4S/c1-9-6-10(15)7-13(21(16,17)18)14(9)20-12-5-3-4-11(8-12)19-2/h6-7,11-12H,3-5,8H2,1-2H3. The zero-order chi connectivity index (χ0) is 15.6. The van der Waals surface area contributed by atoms with Crippen molar-refractivity contribution in [3.63, 3.8) is 0 Å². The lowest BCUT2D eigenvalue weighted by Crippen LogP contribution is -2.30. The molecule has 2 atom stereocenters. The molecule has 7 heteroatoms. The Bertz CT molecular complexity index is 618. The van der Waals surface area contributed by atoms with Crippen LogP contribution in [0, 0.1) is 6.92 Å². The van der Waals surface area contributed by atoms with Crippen molar-refractivity contribution in [3.05, 3.63) is 22.2 Å². The molecule has 0 heterocycles. The highest BCUT2D eigenvalue weighted by Crippen LogP contribution is 2.36. The zero-order valence-electron chi connectivity index (χ0n) is 11.9. The Morgan fingerprint density at radius 2 is 1.95 bits per heavy atom. The van der Waals surface area contributed by atoms with Gasteiger partial charge in [-0.05, 0) is 43.9 Å². The number of aryl methyl sites for hydroxylation is 1. The van der Waals surface area contributed by atoms with Gasteiger partial charge in [-0.15, -0.1) is 0 Å². The van der Waals surface area contributed by atoms with E-state index in [1.807, 2.05) is 13.0 Å². The van der Waals surface area contributed by atoms with E-state index in [9.17, 15) is 8.42 Å². The number of hydrogen-bond acceptors (Lipinski definition) is 4. The van der Waals surface area contributed by atoms with Crippen LogP contribution in [0.3, 0.4) is 0 Å². The molecule has 2 rings (SSSR count). The summed E-state index contributed by atoms with van der Waals surface area (Å²) in [6, 6.07) is 3.29. The molecular formula is C14H18BrClO4S. The average Bonchev–Trinajstić information content (AvgIpc) is 2.40. The third-order valence-electron chi connectivity index (χ3n) is 3.66. The summed E-state index contributed by atoms with van der Waals surface area (Å²) in [5.41, 5.74) is 0.739. The Balaban J connectivity index is 2.31. The number of halogens is 2. The molecular weight excluding hydrogens is 380 g/mol. The van der Waals surface area contributed by atoms with E-state index >= 15 is 0 Å². The molecule has 2 unspecified atom stereocenters. The van der Waals surface area contributed by atoms with Crippen LogP contribution in [0.4, 0.5) is 0 Å². The summed E-state index contributed by atoms with van der Waals surface area (Å²) in [5.74, 6) is 0.343. The normalized spacial score (nSPS) is 23.0. The molecule has 118 valence electrons. The van der Waals surface area contributed by atoms with Crippen molar-refractivity contribution in [2.45, 2.75) is 49.7 Å². The smallest absolute Gasteiger partial charge is 0.265 e. The van der Waals surface area contributed by atoms with Crippen LogP contribution in [-0.4, -0.2) is 27.7 Å². The minimum absolute atomic E-state index is 0.00980. The van der Waals surface area contributed by atoms with Crippen molar-refractivity contribution in [1.29, 1.82) is 0 Å². The second-order valence-electron chi connectivity index (χ2n) is 5.25. The van der Waals surface area contributed by atoms with E-state index in [2.05, 4.69) is 15.9 Å². The monoisotopic (exact) mass is 396 g/mol. The molecule has 0 spiro atoms. The van der Waals surface area contributed by atoms with Gasteiger partial charge in [-0.25, -0.2) is 8.42 Å². The highest BCUT2D eigenvalue weighted by atomic mass is 79.9. The van der Waals surface area contributed by atoms with E-state index in [1.54, 1.807) is 7.11 Å². The first-order chi connectivity index (χ1) is 9.81. The summed E-state index contributed by atoms with van der Waals surface area (Å²) in [6.45, 7) is 1.81. The fourth-order valence-electron chi connectivity index (χ4n) is 2.62. The third kappa shape index (κ3) is 4.34. The summed E-state index contributed by atoms with van der Waals surface area (Å²) in [7, 11) is 3.35. The fraction of sp³-hybridized carbons (Fsp3) is 0.571. The molecule has 0 aliphatic heterocycles. The highest BCUT2D eigenvalue weighted by Gasteiger charge is 2.27. The first kappa shape index (κ1) is 17.1. The van der Waals surface area contributed by atoms with Crippen LogP contribution in [-0.2, 0) is 13.8 Å². The van der Waals surface area contributed by atoms with Crippen molar-refractivity contribution in [3.8, 4) is 5.75 Å². The van der Waals surface area contributed by atoms with Crippen LogP contribution in [0.25, 0.3) is 0 Å². The van der Waals surface area contributed by atoms with Crippen LogP contribution in [0.15, 0.2) is 21.5 Å². The SMILES string of the molecule is COC1CCCC(Oc2c(C)cc(Br)cc2S(=O)(=O)Cl)C1. The number of benzene rings is 1. The van der Waals surface area contributed by atoms with E-state index < -0.39 is 9.05 Å². The Hall–Kier alpha value is -0.300. The maximum atomic E-state index is 11.8. The van der Waals surface area contributed by atoms with Gasteiger partial charge in [0.2, 0.25) is 0 Å². The van der Waals surface area contributed by atoms with Crippen LogP contribution >= 0.6 is 26.6 Å². The van der Waals surface area contributed by atoms with Crippen molar-refractivity contribution in [2.24, 2.45) is 0 Å². The molecule has 0 aromatic heterocycles. The van der Waals surface area contributed by atoms with Gasteiger partial charge in [-0.2, -0.15) is 0 Å². The lowest BCUT2D eigenvalue weighted by Gasteiger charge is -2.29. The second-order valence-corrected chi connectivity index (χ2v) is 8.70. The van der Waals surface area contributed by atoms with Crippen molar-refractivity contribution in [2.75, 3.05) is 7.11 Å². The number of hydrogen-bond donors (Lipinski definition) is 0. The van der Waals surface area contributed by atoms with E-state index in [-0.39, 0.29) is 17.1 Å². The predicted molar refractivity (Wildman–Crippen MR) is 85.6 cm³/mol. The Morgan fingerprint density at radius 1 is 1.29 bits per heavy atom. The van der Waals surface area contributed by atoms with Gasteiger partial charge in [0, 0.05) is 28.7 Å². The molecule has 1 aromatic rings. The molecule has 0 radical (unpaired) electrons. The van der Waals surface area contributed by atoms with Gasteiger partial charge in [0.25, 0.3) is 9.05 Å². The van der Waals surface area contributed by atoms with Crippen molar-refractivity contribution >= 4 is 35.7 Å². The molecule has 0 amide bonds. The van der Waals surface area contributed by atoms with Crippen LogP contribution < -0.4 is 4.74 Å². The molecule has 1 fully saturated rings. The first-order valence-electron chi connectivity index (χ1n) is 6.75. The molecule has 0 N–H and O–H groups in total. The Kier molecular flexibility index (Phi) is 5.57. The van der Waals surface area contributed by atoms with Crippen LogP contribution in [0.1, 0.15) is 31.2 Å². The summed E-state index contributed by atoms with van der Waals surface area (Å²) >= 11 is 3.29. The molecule has 1 aliphatic carbocycles. The molecule has 1 saturated carbocycles. The Morgan fingerprint density at radius 3 is 2.57 bits per heavy atom. The lowest BCUT2D eigenvalue weighted by molar-refractivity contribution is 0.0198. The second kappa shape index (κ2) is 6.86. The number of ether oxygens (including phenoxy) is 2. The van der Waals surface area contributed by atoms with Gasteiger partial charge in [0.1, 0.15) is 16.7 Å². The van der Waals surface area contributed by atoms with E-state index in [0.29, 0.717) is 10.2 Å². The molecule has 4 nitrogen and oxygen atoms in total. The summed E-state index contributed by atoms with van der Waals surface area (Å²) < 4.78 is 35.5. The maximum absolute atomic E-state index is 11.8. The minimum Gasteiger partial charge on any atom is -0.489 e. The van der Waals surface area contributed by atoms with Gasteiger partial charge in [0.15, 0.2) is 0 Å². The summed E-state index contributed by atoms with van der Waals surface area (Å²) in [6.07, 6.45) is 3.76. The fourth-order valence-corrected chi connectivity index (χ4v) is 4.39. The summed E-state index contributed by atoms with van der Waals surface area (Å²) in [5, 5.41) is 0. The van der Waals surface area contributed by atoms with Gasteiger partial charge < -0.3 is 9.47 Å². The first-order valence-corrected chi connectivity index (χ1v) is 9.85. The van der Waals surface area contributed by atoms with Gasteiger partial charge >= 0.3 is 0 Å². The third-order valence-corrected chi connectivity index (χ3v) is 5.45. The van der Waals surface area contributed by atoms with Crippen molar-refractivity contribution < 1.29 is 17.9 Å². The van der Waals surface area contributed by atoms with E-state index in [4.69, 9.17) is 20.2 Å². The van der Waals surface area contributed by atoms with Crippen LogP contribution in [0.5, 0.6) is 5.75 Å². The topological polar surface area (TPSA) is 52.6 Å². The number of rotatable bonds is 4. The van der Waals surface area contributed by atoms with Gasteiger partial charge in [0.05, 0.1) is 6.10 Å². The molecule has 1 aliphatic rings. The lowest BCUT2D eigenvalue weighted by atomic mass is 9.95. The molecule has 21 heavy (non-hydrogen) atoms. The van der Waals surface area contributed by atoms with Crippen molar-refractivity contribution in [1.82, 2.24) is 0 Å².